The summed E-state index contributed by atoms with van der Waals surface area (Å²) >= 11 is 0. The summed E-state index contributed by atoms with van der Waals surface area (Å²) in [4.78, 5) is 29.2. The van der Waals surface area contributed by atoms with Crippen LogP contribution in [0.2, 0.25) is 0 Å². The predicted octanol–water partition coefficient (Wildman–Crippen LogP) is 9.33. The molecule has 0 amide bonds. The number of aromatic nitrogens is 3. The Balaban J connectivity index is 1.43. The van der Waals surface area contributed by atoms with Gasteiger partial charge in [0.1, 0.15) is 0 Å². The molecule has 4 aromatic carbocycles. The number of pyridine rings is 1. The second kappa shape index (κ2) is 11.2. The minimum Gasteiger partial charge on any atom is -0.466 e. The van der Waals surface area contributed by atoms with Crippen molar-refractivity contribution < 1.29 is 9.53 Å². The zero-order chi connectivity index (χ0) is 31.3. The topological polar surface area (TPSA) is 65.0 Å². The van der Waals surface area contributed by atoms with E-state index in [0.29, 0.717) is 19.4 Å². The fourth-order valence-electron chi connectivity index (χ4n) is 8.30. The van der Waals surface area contributed by atoms with Crippen LogP contribution in [-0.4, -0.2) is 27.5 Å². The van der Waals surface area contributed by atoms with Crippen LogP contribution < -0.4 is 0 Å². The molecule has 0 saturated heterocycles. The van der Waals surface area contributed by atoms with Crippen LogP contribution >= 0.6 is 0 Å². The van der Waals surface area contributed by atoms with Gasteiger partial charge in [-0.25, -0.2) is 15.0 Å². The highest BCUT2D eigenvalue weighted by molar-refractivity contribution is 5.90. The van der Waals surface area contributed by atoms with Crippen LogP contribution in [-0.2, 0) is 20.4 Å². The molecule has 8 rings (SSSR count). The number of unbranched alkanes of at least 4 members (excludes halogenated alkanes) is 1. The quantitative estimate of drug-likeness (QED) is 0.154. The van der Waals surface area contributed by atoms with Gasteiger partial charge in [0.2, 0.25) is 0 Å². The number of ether oxygens (including phenoxy) is 1. The van der Waals surface area contributed by atoms with E-state index >= 15 is 0 Å². The van der Waals surface area contributed by atoms with Crippen LogP contribution in [0.4, 0.5) is 0 Å². The third-order valence-corrected chi connectivity index (χ3v) is 10.3. The number of hydrogen-bond donors (Lipinski definition) is 0. The molecule has 0 radical (unpaired) electrons. The zero-order valence-corrected chi connectivity index (χ0v) is 26.4. The first-order valence-corrected chi connectivity index (χ1v) is 16.6. The lowest BCUT2D eigenvalue weighted by Gasteiger charge is -2.42. The fraction of sp³-hybridized carbons (Fsp3) is 0.268. The number of rotatable bonds is 9. The van der Waals surface area contributed by atoms with Crippen LogP contribution in [0.1, 0.15) is 74.8 Å². The SMILES string of the molecule is CCCCC1(CC2(CCC(=O)OCC)c3ccccc3-c3nc4ccccc4cc32)c2ccccc2-c2nc3ccccc3nc21. The van der Waals surface area contributed by atoms with Crippen molar-refractivity contribution in [1.82, 2.24) is 15.0 Å². The molecule has 2 unspecified atom stereocenters. The average molecular weight is 604 g/mol. The third-order valence-electron chi connectivity index (χ3n) is 10.3. The average Bonchev–Trinajstić information content (AvgIpc) is 3.51. The Morgan fingerprint density at radius 1 is 0.652 bits per heavy atom. The van der Waals surface area contributed by atoms with Crippen LogP contribution in [0.3, 0.4) is 0 Å². The summed E-state index contributed by atoms with van der Waals surface area (Å²) in [6.07, 6.45) is 4.72. The molecule has 0 fully saturated rings. The second-order valence-corrected chi connectivity index (χ2v) is 12.8. The van der Waals surface area contributed by atoms with E-state index in [4.69, 9.17) is 19.7 Å². The summed E-state index contributed by atoms with van der Waals surface area (Å²) in [5.41, 5.74) is 10.9. The van der Waals surface area contributed by atoms with Gasteiger partial charge in [-0.1, -0.05) is 98.6 Å². The Morgan fingerprint density at radius 2 is 1.26 bits per heavy atom. The lowest BCUT2D eigenvalue weighted by molar-refractivity contribution is -0.143. The first kappa shape index (κ1) is 28.6. The molecule has 5 heteroatoms. The monoisotopic (exact) mass is 603 g/mol. The molecule has 0 N–H and O–H groups in total. The normalized spacial score (nSPS) is 19.1. The van der Waals surface area contributed by atoms with E-state index in [1.54, 1.807) is 0 Å². The third kappa shape index (κ3) is 4.28. The highest BCUT2D eigenvalue weighted by Crippen LogP contribution is 2.61. The first-order valence-electron chi connectivity index (χ1n) is 16.6. The highest BCUT2D eigenvalue weighted by atomic mass is 16.5. The van der Waals surface area contributed by atoms with Gasteiger partial charge >= 0.3 is 5.97 Å². The summed E-state index contributed by atoms with van der Waals surface area (Å²) in [5.74, 6) is -0.165. The molecule has 2 aliphatic rings. The van der Waals surface area contributed by atoms with Crippen LogP contribution in [0.5, 0.6) is 0 Å². The number of carbonyl (C=O) groups is 1. The Hall–Kier alpha value is -4.90. The van der Waals surface area contributed by atoms with Gasteiger partial charge in [0.25, 0.3) is 0 Å². The number of benzene rings is 4. The maximum absolute atomic E-state index is 13.2. The number of carbonyl (C=O) groups excluding carboxylic acids is 1. The van der Waals surface area contributed by atoms with E-state index in [0.717, 1.165) is 75.8 Å². The Labute approximate surface area is 269 Å². The molecule has 2 aliphatic carbocycles. The smallest absolute Gasteiger partial charge is 0.305 e. The number of para-hydroxylation sites is 3. The van der Waals surface area contributed by atoms with Crippen molar-refractivity contribution in [2.24, 2.45) is 0 Å². The maximum atomic E-state index is 13.2. The number of fused-ring (bicyclic) bond motifs is 8. The van der Waals surface area contributed by atoms with Gasteiger partial charge in [-0.15, -0.1) is 0 Å². The minimum absolute atomic E-state index is 0.165. The van der Waals surface area contributed by atoms with Gasteiger partial charge < -0.3 is 4.74 Å². The molecule has 0 spiro atoms. The van der Waals surface area contributed by atoms with Crippen molar-refractivity contribution in [1.29, 1.82) is 0 Å². The number of esters is 1. The lowest BCUT2D eigenvalue weighted by atomic mass is 9.60. The van der Waals surface area contributed by atoms with Gasteiger partial charge in [-0.2, -0.15) is 0 Å². The Kier molecular flexibility index (Phi) is 6.93. The molecule has 2 heterocycles. The van der Waals surface area contributed by atoms with Crippen molar-refractivity contribution >= 4 is 27.9 Å². The fourth-order valence-corrected chi connectivity index (χ4v) is 8.30. The van der Waals surface area contributed by atoms with E-state index in [1.807, 2.05) is 25.1 Å². The summed E-state index contributed by atoms with van der Waals surface area (Å²) in [6, 6.07) is 36.4. The molecular formula is C41H37N3O2. The molecule has 5 nitrogen and oxygen atoms in total. The van der Waals surface area contributed by atoms with Crippen molar-refractivity contribution in [2.75, 3.05) is 6.61 Å². The van der Waals surface area contributed by atoms with Crippen molar-refractivity contribution in [2.45, 2.75) is 63.2 Å². The highest BCUT2D eigenvalue weighted by Gasteiger charge is 2.54. The van der Waals surface area contributed by atoms with E-state index in [2.05, 4.69) is 91.9 Å². The van der Waals surface area contributed by atoms with Gasteiger partial charge in [-0.3, -0.25) is 4.79 Å². The van der Waals surface area contributed by atoms with E-state index in [-0.39, 0.29) is 5.97 Å². The Morgan fingerprint density at radius 3 is 2.00 bits per heavy atom. The van der Waals surface area contributed by atoms with E-state index < -0.39 is 10.8 Å². The summed E-state index contributed by atoms with van der Waals surface area (Å²) < 4.78 is 5.54. The van der Waals surface area contributed by atoms with Crippen LogP contribution in [0, 0.1) is 0 Å². The van der Waals surface area contributed by atoms with Gasteiger partial charge in [0.05, 0.1) is 40.2 Å². The molecule has 2 atom stereocenters. The molecular weight excluding hydrogens is 566 g/mol. The maximum Gasteiger partial charge on any atom is 0.305 e. The molecule has 0 saturated carbocycles. The molecule has 0 aliphatic heterocycles. The molecule has 6 aromatic rings. The Bertz CT molecular complexity index is 2140. The molecule has 0 bridgehead atoms. The molecule has 2 aromatic heterocycles. The van der Waals surface area contributed by atoms with Crippen LogP contribution in [0.15, 0.2) is 103 Å². The minimum atomic E-state index is -0.508. The van der Waals surface area contributed by atoms with Gasteiger partial charge in [0, 0.05) is 33.8 Å². The summed E-state index contributed by atoms with van der Waals surface area (Å²) in [7, 11) is 0. The zero-order valence-electron chi connectivity index (χ0n) is 26.4. The van der Waals surface area contributed by atoms with Gasteiger partial charge in [0.15, 0.2) is 0 Å². The van der Waals surface area contributed by atoms with Crippen molar-refractivity contribution in [3.63, 3.8) is 0 Å². The van der Waals surface area contributed by atoms with E-state index in [9.17, 15) is 4.79 Å². The van der Waals surface area contributed by atoms with Crippen molar-refractivity contribution in [3.8, 4) is 22.5 Å². The summed E-state index contributed by atoms with van der Waals surface area (Å²) in [6.45, 7) is 4.50. The standard InChI is InChI=1S/C41H37N3O2/c1-3-5-23-41(31-18-10-8-16-29(31)38-39(41)44-35-21-13-12-20-34(35)43-38)26-40(24-22-36(45)46-4-2)30-17-9-7-15-28(30)37-32(40)25-27-14-6-11-19-33(27)42-37/h6-21,25H,3-5,22-24,26H2,1-2H3. The lowest BCUT2D eigenvalue weighted by Crippen LogP contribution is -2.39. The number of hydrogen-bond acceptors (Lipinski definition) is 5. The van der Waals surface area contributed by atoms with Crippen molar-refractivity contribution in [3.05, 3.63) is 126 Å². The molecule has 228 valence electrons. The van der Waals surface area contributed by atoms with Gasteiger partial charge in [-0.05, 0) is 67.1 Å². The number of nitrogens with zero attached hydrogens (tertiary/aromatic N) is 3. The summed E-state index contributed by atoms with van der Waals surface area (Å²) in [5, 5.41) is 1.11. The predicted molar refractivity (Wildman–Crippen MR) is 184 cm³/mol. The van der Waals surface area contributed by atoms with E-state index in [1.165, 1.54) is 16.7 Å². The molecule has 46 heavy (non-hydrogen) atoms. The second-order valence-electron chi connectivity index (χ2n) is 12.8. The largest absolute Gasteiger partial charge is 0.466 e. The van der Waals surface area contributed by atoms with Crippen LogP contribution in [0.25, 0.3) is 44.5 Å². The first-order chi connectivity index (χ1) is 22.6.